The molecule has 1 nitrogen and oxygen atoms in total. The van der Waals surface area contributed by atoms with Crippen LogP contribution in [0, 0.1) is 0 Å². The number of rotatable bonds is 4. The summed E-state index contributed by atoms with van der Waals surface area (Å²) in [5.41, 5.74) is 3.53. The normalized spacial score (nSPS) is 10.1. The third-order valence-electron chi connectivity index (χ3n) is 2.42. The Balaban J connectivity index is 1.99. The third kappa shape index (κ3) is 3.01. The Morgan fingerprint density at radius 1 is 0.875 bits per heavy atom. The SMILES string of the molecule is ClCc1cccc(NCc2ccccc2)c1. The summed E-state index contributed by atoms with van der Waals surface area (Å²) in [4.78, 5) is 0. The molecule has 2 aromatic carbocycles. The number of benzene rings is 2. The number of nitrogens with one attached hydrogen (secondary N) is 1. The molecule has 0 aliphatic rings. The van der Waals surface area contributed by atoms with Gasteiger partial charge in [-0.15, -0.1) is 11.6 Å². The molecule has 0 heterocycles. The van der Waals surface area contributed by atoms with Crippen molar-refractivity contribution in [3.05, 3.63) is 65.7 Å². The van der Waals surface area contributed by atoms with Gasteiger partial charge in [-0.3, -0.25) is 0 Å². The van der Waals surface area contributed by atoms with E-state index in [1.165, 1.54) is 5.56 Å². The second-order valence-corrected chi connectivity index (χ2v) is 3.94. The van der Waals surface area contributed by atoms with E-state index in [4.69, 9.17) is 11.6 Å². The van der Waals surface area contributed by atoms with Crippen LogP contribution in [0.2, 0.25) is 0 Å². The molecular weight excluding hydrogens is 218 g/mol. The molecule has 0 fully saturated rings. The molecule has 16 heavy (non-hydrogen) atoms. The summed E-state index contributed by atoms with van der Waals surface area (Å²) in [5, 5.41) is 3.38. The Hall–Kier alpha value is -1.47. The second kappa shape index (κ2) is 5.57. The lowest BCUT2D eigenvalue weighted by Crippen LogP contribution is -1.99. The van der Waals surface area contributed by atoms with E-state index in [1.807, 2.05) is 30.3 Å². The molecule has 0 atom stereocenters. The number of hydrogen-bond acceptors (Lipinski definition) is 1. The first-order valence-electron chi connectivity index (χ1n) is 5.31. The lowest BCUT2D eigenvalue weighted by atomic mass is 10.2. The van der Waals surface area contributed by atoms with E-state index in [9.17, 15) is 0 Å². The summed E-state index contributed by atoms with van der Waals surface area (Å²) < 4.78 is 0. The van der Waals surface area contributed by atoms with Crippen LogP contribution in [0.25, 0.3) is 0 Å². The number of alkyl halides is 1. The highest BCUT2D eigenvalue weighted by molar-refractivity contribution is 6.17. The minimum Gasteiger partial charge on any atom is -0.381 e. The third-order valence-corrected chi connectivity index (χ3v) is 2.73. The highest BCUT2D eigenvalue weighted by atomic mass is 35.5. The summed E-state index contributed by atoms with van der Waals surface area (Å²) in [7, 11) is 0. The van der Waals surface area contributed by atoms with Gasteiger partial charge in [0.2, 0.25) is 0 Å². The molecule has 2 rings (SSSR count). The molecule has 2 heteroatoms. The van der Waals surface area contributed by atoms with Crippen LogP contribution in [0.4, 0.5) is 5.69 Å². The van der Waals surface area contributed by atoms with Crippen LogP contribution >= 0.6 is 11.6 Å². The van der Waals surface area contributed by atoms with Crippen LogP contribution in [0.1, 0.15) is 11.1 Å². The molecule has 0 amide bonds. The summed E-state index contributed by atoms with van der Waals surface area (Å²) >= 11 is 5.79. The largest absolute Gasteiger partial charge is 0.381 e. The van der Waals surface area contributed by atoms with Gasteiger partial charge < -0.3 is 5.32 Å². The average Bonchev–Trinajstić information content (AvgIpc) is 2.38. The predicted molar refractivity (Wildman–Crippen MR) is 69.8 cm³/mol. The number of halogens is 1. The first kappa shape index (κ1) is 11.0. The zero-order chi connectivity index (χ0) is 11.2. The topological polar surface area (TPSA) is 12.0 Å². The van der Waals surface area contributed by atoms with Crippen LogP contribution in [0.3, 0.4) is 0 Å². The Morgan fingerprint density at radius 2 is 1.62 bits per heavy atom. The molecule has 0 spiro atoms. The van der Waals surface area contributed by atoms with Crippen molar-refractivity contribution in [2.45, 2.75) is 12.4 Å². The van der Waals surface area contributed by atoms with Crippen LogP contribution in [0.15, 0.2) is 54.6 Å². The van der Waals surface area contributed by atoms with Crippen molar-refractivity contribution in [3.8, 4) is 0 Å². The van der Waals surface area contributed by atoms with Gasteiger partial charge >= 0.3 is 0 Å². The van der Waals surface area contributed by atoms with E-state index < -0.39 is 0 Å². The van der Waals surface area contributed by atoms with Crippen molar-refractivity contribution < 1.29 is 0 Å². The molecule has 0 aliphatic carbocycles. The predicted octanol–water partition coefficient (Wildman–Crippen LogP) is 4.04. The monoisotopic (exact) mass is 231 g/mol. The molecule has 0 radical (unpaired) electrons. The zero-order valence-electron chi connectivity index (χ0n) is 8.99. The zero-order valence-corrected chi connectivity index (χ0v) is 9.74. The van der Waals surface area contributed by atoms with E-state index in [0.29, 0.717) is 5.88 Å². The fourth-order valence-electron chi connectivity index (χ4n) is 1.56. The first-order valence-corrected chi connectivity index (χ1v) is 5.84. The van der Waals surface area contributed by atoms with Gasteiger partial charge in [0.25, 0.3) is 0 Å². The lowest BCUT2D eigenvalue weighted by molar-refractivity contribution is 1.15. The van der Waals surface area contributed by atoms with Gasteiger partial charge in [0.05, 0.1) is 0 Å². The maximum absolute atomic E-state index is 5.79. The molecule has 0 unspecified atom stereocenters. The molecule has 0 saturated heterocycles. The smallest absolute Gasteiger partial charge is 0.0474 e. The highest BCUT2D eigenvalue weighted by Crippen LogP contribution is 2.13. The van der Waals surface area contributed by atoms with Gasteiger partial charge in [0, 0.05) is 18.1 Å². The minimum atomic E-state index is 0.556. The Bertz CT molecular complexity index is 439. The Kier molecular flexibility index (Phi) is 3.84. The Morgan fingerprint density at radius 3 is 2.38 bits per heavy atom. The first-order chi connectivity index (χ1) is 7.88. The molecule has 1 N–H and O–H groups in total. The summed E-state index contributed by atoms with van der Waals surface area (Å²) in [6.45, 7) is 0.840. The molecule has 82 valence electrons. The molecule has 0 bridgehead atoms. The molecule has 0 aliphatic heterocycles. The van der Waals surface area contributed by atoms with Crippen molar-refractivity contribution in [3.63, 3.8) is 0 Å². The van der Waals surface area contributed by atoms with Gasteiger partial charge in [0.1, 0.15) is 0 Å². The van der Waals surface area contributed by atoms with Crippen molar-refractivity contribution in [1.82, 2.24) is 0 Å². The van der Waals surface area contributed by atoms with E-state index in [2.05, 4.69) is 29.6 Å². The fraction of sp³-hybridized carbons (Fsp3) is 0.143. The van der Waals surface area contributed by atoms with Gasteiger partial charge in [-0.05, 0) is 23.3 Å². The molecule has 0 aromatic heterocycles. The van der Waals surface area contributed by atoms with Crippen LogP contribution in [-0.2, 0) is 12.4 Å². The minimum absolute atomic E-state index is 0.556. The van der Waals surface area contributed by atoms with Crippen molar-refractivity contribution in [2.75, 3.05) is 5.32 Å². The van der Waals surface area contributed by atoms with Crippen molar-refractivity contribution in [2.24, 2.45) is 0 Å². The van der Waals surface area contributed by atoms with Crippen molar-refractivity contribution >= 4 is 17.3 Å². The lowest BCUT2D eigenvalue weighted by Gasteiger charge is -2.07. The van der Waals surface area contributed by atoms with Gasteiger partial charge in [0.15, 0.2) is 0 Å². The number of anilines is 1. The Labute approximate surface area is 101 Å². The number of hydrogen-bond donors (Lipinski definition) is 1. The maximum Gasteiger partial charge on any atom is 0.0474 e. The fourth-order valence-corrected chi connectivity index (χ4v) is 1.73. The average molecular weight is 232 g/mol. The van der Waals surface area contributed by atoms with E-state index in [0.717, 1.165) is 17.8 Å². The van der Waals surface area contributed by atoms with Gasteiger partial charge in [-0.1, -0.05) is 42.5 Å². The quantitative estimate of drug-likeness (QED) is 0.784. The highest BCUT2D eigenvalue weighted by Gasteiger charge is 1.95. The summed E-state index contributed by atoms with van der Waals surface area (Å²) in [6.07, 6.45) is 0. The molecule has 0 saturated carbocycles. The molecular formula is C14H14ClN. The summed E-state index contributed by atoms with van der Waals surface area (Å²) in [6, 6.07) is 18.5. The van der Waals surface area contributed by atoms with E-state index in [1.54, 1.807) is 0 Å². The van der Waals surface area contributed by atoms with E-state index >= 15 is 0 Å². The second-order valence-electron chi connectivity index (χ2n) is 3.67. The maximum atomic E-state index is 5.79. The van der Waals surface area contributed by atoms with Crippen LogP contribution in [0.5, 0.6) is 0 Å². The van der Waals surface area contributed by atoms with E-state index in [-0.39, 0.29) is 0 Å². The van der Waals surface area contributed by atoms with Gasteiger partial charge in [-0.25, -0.2) is 0 Å². The van der Waals surface area contributed by atoms with Crippen LogP contribution < -0.4 is 5.32 Å². The van der Waals surface area contributed by atoms with Crippen molar-refractivity contribution in [1.29, 1.82) is 0 Å². The van der Waals surface area contributed by atoms with Gasteiger partial charge in [-0.2, -0.15) is 0 Å². The summed E-state index contributed by atoms with van der Waals surface area (Å²) in [5.74, 6) is 0.556. The van der Waals surface area contributed by atoms with Crippen LogP contribution in [-0.4, -0.2) is 0 Å². The molecule has 2 aromatic rings. The standard InChI is InChI=1S/C14H14ClN/c15-10-13-7-4-8-14(9-13)16-11-12-5-2-1-3-6-12/h1-9,16H,10-11H2.